The standard InChI is InChI=1S/C20H21N7OS.2C2HF3O2/c1-2-5-15(6-3-1)23-19-18-20(22-14-21-19)27(25-24-18)12-16-11-26(8-9-28-16)13-17-7-4-10-29-17;2*3-2(4,5)1(6)7/h1-7,10,14,16H,8-9,11-13H2,(H,21,22,23);2*(H,6,7). The molecule has 0 saturated carbocycles. The number of alkyl halides is 6. The molecule has 43 heavy (non-hydrogen) atoms. The third-order valence-corrected chi connectivity index (χ3v) is 6.24. The highest BCUT2D eigenvalue weighted by Crippen LogP contribution is 2.22. The molecule has 3 N–H and O–H groups in total. The van der Waals surface area contributed by atoms with Gasteiger partial charge in [0, 0.05) is 30.2 Å². The summed E-state index contributed by atoms with van der Waals surface area (Å²) in [7, 11) is 0. The van der Waals surface area contributed by atoms with E-state index in [-0.39, 0.29) is 6.10 Å². The number of para-hydroxylation sites is 1. The van der Waals surface area contributed by atoms with Crippen molar-refractivity contribution in [2.24, 2.45) is 0 Å². The van der Waals surface area contributed by atoms with Gasteiger partial charge < -0.3 is 20.3 Å². The molecule has 5 rings (SSSR count). The van der Waals surface area contributed by atoms with Gasteiger partial charge in [0.1, 0.15) is 6.33 Å². The Balaban J connectivity index is 0.000000303. The van der Waals surface area contributed by atoms with E-state index < -0.39 is 24.3 Å². The van der Waals surface area contributed by atoms with Crippen LogP contribution in [0.15, 0.2) is 54.2 Å². The van der Waals surface area contributed by atoms with Crippen molar-refractivity contribution in [3.05, 3.63) is 59.0 Å². The first kappa shape index (κ1) is 33.1. The van der Waals surface area contributed by atoms with Crippen LogP contribution in [0.5, 0.6) is 0 Å². The summed E-state index contributed by atoms with van der Waals surface area (Å²) >= 11 is 1.79. The SMILES string of the molecule is O=C(O)C(F)(F)F.O=C(O)C(F)(F)F.c1ccc(Nc2ncnc3c2nnn3CC2CN(Cc3cccs3)CCO2)cc1. The lowest BCUT2D eigenvalue weighted by atomic mass is 10.2. The van der Waals surface area contributed by atoms with Crippen molar-refractivity contribution in [1.82, 2.24) is 29.9 Å². The van der Waals surface area contributed by atoms with E-state index in [1.54, 1.807) is 11.3 Å². The number of carboxylic acids is 2. The van der Waals surface area contributed by atoms with Gasteiger partial charge >= 0.3 is 24.3 Å². The number of anilines is 2. The highest BCUT2D eigenvalue weighted by atomic mass is 32.1. The number of fused-ring (bicyclic) bond motifs is 1. The smallest absolute Gasteiger partial charge is 0.475 e. The maximum absolute atomic E-state index is 10.6. The summed E-state index contributed by atoms with van der Waals surface area (Å²) in [6, 6.07) is 14.2. The molecule has 0 aliphatic carbocycles. The first-order valence-corrected chi connectivity index (χ1v) is 12.9. The molecule has 1 saturated heterocycles. The number of aromatic nitrogens is 5. The maximum Gasteiger partial charge on any atom is 0.490 e. The summed E-state index contributed by atoms with van der Waals surface area (Å²) in [6.07, 6.45) is -8.58. The number of hydrogen-bond acceptors (Lipinski definition) is 10. The van der Waals surface area contributed by atoms with Gasteiger partial charge in [-0.2, -0.15) is 26.3 Å². The van der Waals surface area contributed by atoms with Gasteiger partial charge in [0.05, 0.1) is 19.3 Å². The predicted octanol–water partition coefficient (Wildman–Crippen LogP) is 4.19. The van der Waals surface area contributed by atoms with Gasteiger partial charge in [0.15, 0.2) is 17.0 Å². The normalized spacial score (nSPS) is 15.5. The summed E-state index contributed by atoms with van der Waals surface area (Å²) in [6.45, 7) is 4.10. The second kappa shape index (κ2) is 14.7. The molecule has 1 atom stereocenters. The number of thiophene rings is 1. The summed E-state index contributed by atoms with van der Waals surface area (Å²) < 4.78 is 71.3. The second-order valence-corrected chi connectivity index (χ2v) is 9.60. The van der Waals surface area contributed by atoms with E-state index in [0.29, 0.717) is 23.5 Å². The molecular formula is C24H23F6N7O5S. The van der Waals surface area contributed by atoms with Crippen LogP contribution >= 0.6 is 11.3 Å². The van der Waals surface area contributed by atoms with Crippen LogP contribution in [0.25, 0.3) is 11.2 Å². The maximum atomic E-state index is 10.6. The minimum atomic E-state index is -5.08. The van der Waals surface area contributed by atoms with Gasteiger partial charge in [0.2, 0.25) is 0 Å². The molecule has 1 aliphatic rings. The topological polar surface area (TPSA) is 156 Å². The number of benzene rings is 1. The average molecular weight is 636 g/mol. The Hall–Kier alpha value is -4.36. The van der Waals surface area contributed by atoms with Gasteiger partial charge in [-0.15, -0.1) is 16.4 Å². The van der Waals surface area contributed by atoms with Crippen LogP contribution in [0.2, 0.25) is 0 Å². The third-order valence-electron chi connectivity index (χ3n) is 5.38. The lowest BCUT2D eigenvalue weighted by molar-refractivity contribution is -0.193. The quantitative estimate of drug-likeness (QED) is 0.261. The van der Waals surface area contributed by atoms with E-state index in [2.05, 4.69) is 48.0 Å². The molecule has 19 heteroatoms. The van der Waals surface area contributed by atoms with Crippen molar-refractivity contribution in [2.45, 2.75) is 31.5 Å². The Morgan fingerprint density at radius 2 is 1.65 bits per heavy atom. The summed E-state index contributed by atoms with van der Waals surface area (Å²) in [5.74, 6) is -4.86. The second-order valence-electron chi connectivity index (χ2n) is 8.57. The predicted molar refractivity (Wildman–Crippen MR) is 140 cm³/mol. The first-order chi connectivity index (χ1) is 20.2. The molecule has 0 bridgehead atoms. The molecule has 3 aromatic heterocycles. The zero-order valence-corrected chi connectivity index (χ0v) is 22.6. The Kier molecular flexibility index (Phi) is 11.3. The van der Waals surface area contributed by atoms with Crippen molar-refractivity contribution in [3.63, 3.8) is 0 Å². The monoisotopic (exact) mass is 635 g/mol. The van der Waals surface area contributed by atoms with Crippen LogP contribution in [-0.4, -0.2) is 90.2 Å². The zero-order chi connectivity index (χ0) is 31.6. The van der Waals surface area contributed by atoms with Crippen LogP contribution in [0.4, 0.5) is 37.8 Å². The minimum Gasteiger partial charge on any atom is -0.475 e. The fourth-order valence-electron chi connectivity index (χ4n) is 3.51. The third kappa shape index (κ3) is 10.5. The highest BCUT2D eigenvalue weighted by Gasteiger charge is 2.38. The number of halogens is 6. The largest absolute Gasteiger partial charge is 0.490 e. The molecule has 232 valence electrons. The molecular weight excluding hydrogens is 612 g/mol. The zero-order valence-electron chi connectivity index (χ0n) is 21.8. The van der Waals surface area contributed by atoms with Crippen LogP contribution in [-0.2, 0) is 27.4 Å². The molecule has 0 spiro atoms. The number of morpholine rings is 1. The molecule has 1 unspecified atom stereocenters. The van der Waals surface area contributed by atoms with Gasteiger partial charge in [-0.1, -0.05) is 29.5 Å². The van der Waals surface area contributed by atoms with Crippen molar-refractivity contribution >= 4 is 45.9 Å². The molecule has 1 aromatic carbocycles. The van der Waals surface area contributed by atoms with E-state index in [1.807, 2.05) is 35.0 Å². The summed E-state index contributed by atoms with van der Waals surface area (Å²) in [4.78, 5) is 30.3. The average Bonchev–Trinajstić information content (AvgIpc) is 3.60. The van der Waals surface area contributed by atoms with Crippen LogP contribution in [0, 0.1) is 0 Å². The van der Waals surface area contributed by atoms with E-state index in [0.717, 1.165) is 31.9 Å². The molecule has 1 fully saturated rings. The van der Waals surface area contributed by atoms with Gasteiger partial charge in [-0.25, -0.2) is 24.2 Å². The van der Waals surface area contributed by atoms with Crippen molar-refractivity contribution in [1.29, 1.82) is 0 Å². The van der Waals surface area contributed by atoms with Crippen LogP contribution in [0.3, 0.4) is 0 Å². The minimum absolute atomic E-state index is 0.0501. The summed E-state index contributed by atoms with van der Waals surface area (Å²) in [5, 5.41) is 28.3. The Bertz CT molecular complexity index is 1440. The number of carbonyl (C=O) groups is 2. The Morgan fingerprint density at radius 3 is 2.23 bits per heavy atom. The van der Waals surface area contributed by atoms with E-state index in [4.69, 9.17) is 24.5 Å². The van der Waals surface area contributed by atoms with E-state index >= 15 is 0 Å². The molecule has 12 nitrogen and oxygen atoms in total. The number of ether oxygens (including phenoxy) is 1. The van der Waals surface area contributed by atoms with Gasteiger partial charge in [-0.05, 0) is 23.6 Å². The number of hydrogen-bond donors (Lipinski definition) is 3. The Morgan fingerprint density at radius 1 is 1.00 bits per heavy atom. The fourth-order valence-corrected chi connectivity index (χ4v) is 4.26. The lowest BCUT2D eigenvalue weighted by Gasteiger charge is -2.32. The Labute approximate surface area is 242 Å². The number of nitrogens with zero attached hydrogens (tertiary/aromatic N) is 6. The van der Waals surface area contributed by atoms with Crippen LogP contribution < -0.4 is 5.32 Å². The number of carboxylic acid groups (broad SMARTS) is 2. The van der Waals surface area contributed by atoms with E-state index in [9.17, 15) is 26.3 Å². The highest BCUT2D eigenvalue weighted by molar-refractivity contribution is 7.09. The first-order valence-electron chi connectivity index (χ1n) is 12.1. The molecule has 1 aliphatic heterocycles. The van der Waals surface area contributed by atoms with Gasteiger partial charge in [0.25, 0.3) is 0 Å². The molecule has 0 radical (unpaired) electrons. The number of aliphatic carboxylic acids is 2. The molecule has 0 amide bonds. The van der Waals surface area contributed by atoms with Crippen molar-refractivity contribution < 1.29 is 50.9 Å². The van der Waals surface area contributed by atoms with Crippen molar-refractivity contribution in [2.75, 3.05) is 25.0 Å². The molecule has 4 aromatic rings. The van der Waals surface area contributed by atoms with Gasteiger partial charge in [-0.3, -0.25) is 4.90 Å². The fraction of sp³-hybridized carbons (Fsp3) is 0.333. The number of nitrogens with one attached hydrogen (secondary N) is 1. The van der Waals surface area contributed by atoms with Crippen LogP contribution in [0.1, 0.15) is 4.88 Å². The molecule has 4 heterocycles. The summed E-state index contributed by atoms with van der Waals surface area (Å²) in [5.41, 5.74) is 2.31. The number of rotatable bonds is 6. The van der Waals surface area contributed by atoms with Crippen molar-refractivity contribution in [3.8, 4) is 0 Å². The van der Waals surface area contributed by atoms with E-state index in [1.165, 1.54) is 11.2 Å². The lowest BCUT2D eigenvalue weighted by Crippen LogP contribution is -2.43.